The molecule has 2 unspecified atom stereocenters. The van der Waals surface area contributed by atoms with Crippen LogP contribution in [0.1, 0.15) is 34.6 Å². The highest BCUT2D eigenvalue weighted by Crippen LogP contribution is 2.27. The SMILES string of the molecule is COCC(NC(=O)C(C(C)C)N1C(=O)c2ccccc2C1=O)C(=O)O. The first-order valence-corrected chi connectivity index (χ1v) is 7.78. The molecule has 0 aromatic heterocycles. The summed E-state index contributed by atoms with van der Waals surface area (Å²) < 4.78 is 4.78. The number of aliphatic carboxylic acids is 1. The number of methoxy groups -OCH3 is 1. The van der Waals surface area contributed by atoms with E-state index in [0.29, 0.717) is 0 Å². The van der Waals surface area contributed by atoms with Crippen LogP contribution in [-0.4, -0.2) is 59.5 Å². The summed E-state index contributed by atoms with van der Waals surface area (Å²) in [6, 6.07) is 3.93. The molecule has 134 valence electrons. The van der Waals surface area contributed by atoms with Gasteiger partial charge in [-0.1, -0.05) is 26.0 Å². The molecule has 1 aromatic carbocycles. The van der Waals surface area contributed by atoms with Crippen molar-refractivity contribution in [3.05, 3.63) is 35.4 Å². The fourth-order valence-corrected chi connectivity index (χ4v) is 2.78. The van der Waals surface area contributed by atoms with Crippen molar-refractivity contribution in [3.63, 3.8) is 0 Å². The summed E-state index contributed by atoms with van der Waals surface area (Å²) in [6.45, 7) is 3.13. The normalized spacial score (nSPS) is 15.9. The van der Waals surface area contributed by atoms with Crippen LogP contribution in [0.25, 0.3) is 0 Å². The van der Waals surface area contributed by atoms with Gasteiger partial charge in [-0.2, -0.15) is 0 Å². The van der Waals surface area contributed by atoms with Crippen molar-refractivity contribution in [2.24, 2.45) is 5.92 Å². The van der Waals surface area contributed by atoms with Crippen LogP contribution < -0.4 is 5.32 Å². The van der Waals surface area contributed by atoms with Crippen molar-refractivity contribution in [2.45, 2.75) is 25.9 Å². The molecule has 0 spiro atoms. The first-order chi connectivity index (χ1) is 11.8. The summed E-state index contributed by atoms with van der Waals surface area (Å²) in [5.41, 5.74) is 0.468. The van der Waals surface area contributed by atoms with Crippen LogP contribution in [-0.2, 0) is 14.3 Å². The van der Waals surface area contributed by atoms with Crippen LogP contribution in [0.4, 0.5) is 0 Å². The molecule has 0 aliphatic carbocycles. The molecule has 1 aliphatic heterocycles. The Morgan fingerprint density at radius 1 is 1.16 bits per heavy atom. The van der Waals surface area contributed by atoms with Crippen LogP contribution in [0.3, 0.4) is 0 Å². The summed E-state index contributed by atoms with van der Waals surface area (Å²) in [4.78, 5) is 49.9. The maximum Gasteiger partial charge on any atom is 0.328 e. The molecule has 0 fully saturated rings. The molecular weight excluding hydrogens is 328 g/mol. The van der Waals surface area contributed by atoms with Gasteiger partial charge in [0.05, 0.1) is 17.7 Å². The molecule has 8 heteroatoms. The van der Waals surface area contributed by atoms with Gasteiger partial charge in [-0.3, -0.25) is 19.3 Å². The van der Waals surface area contributed by atoms with Gasteiger partial charge in [-0.05, 0) is 18.1 Å². The minimum Gasteiger partial charge on any atom is -0.480 e. The van der Waals surface area contributed by atoms with Gasteiger partial charge < -0.3 is 15.2 Å². The number of fused-ring (bicyclic) bond motifs is 1. The lowest BCUT2D eigenvalue weighted by Gasteiger charge is -2.29. The number of carboxylic acids is 1. The number of imide groups is 1. The number of amides is 3. The average molecular weight is 348 g/mol. The number of carboxylic acid groups (broad SMARTS) is 1. The van der Waals surface area contributed by atoms with Crippen LogP contribution in [0.2, 0.25) is 0 Å². The third-order valence-electron chi connectivity index (χ3n) is 3.95. The molecule has 1 heterocycles. The lowest BCUT2D eigenvalue weighted by atomic mass is 10.0. The maximum absolute atomic E-state index is 12.6. The molecule has 0 saturated heterocycles. The van der Waals surface area contributed by atoms with Crippen LogP contribution >= 0.6 is 0 Å². The quantitative estimate of drug-likeness (QED) is 0.695. The molecule has 25 heavy (non-hydrogen) atoms. The smallest absolute Gasteiger partial charge is 0.328 e. The Labute approximate surface area is 144 Å². The van der Waals surface area contributed by atoms with Gasteiger partial charge in [0.1, 0.15) is 6.04 Å². The molecule has 0 saturated carbocycles. The summed E-state index contributed by atoms with van der Waals surface area (Å²) in [5, 5.41) is 11.5. The van der Waals surface area contributed by atoms with Crippen molar-refractivity contribution in [3.8, 4) is 0 Å². The fraction of sp³-hybridized carbons (Fsp3) is 0.412. The predicted octanol–water partition coefficient (Wildman–Crippen LogP) is 0.523. The number of rotatable bonds is 7. The zero-order valence-corrected chi connectivity index (χ0v) is 14.2. The number of benzene rings is 1. The minimum absolute atomic E-state index is 0.228. The highest BCUT2D eigenvalue weighted by molar-refractivity contribution is 6.22. The third-order valence-corrected chi connectivity index (χ3v) is 3.95. The van der Waals surface area contributed by atoms with E-state index in [4.69, 9.17) is 9.84 Å². The van der Waals surface area contributed by atoms with Gasteiger partial charge in [0, 0.05) is 7.11 Å². The number of carbonyl (C=O) groups is 4. The Hall–Kier alpha value is -2.74. The summed E-state index contributed by atoms with van der Waals surface area (Å²) in [6.07, 6.45) is 0. The van der Waals surface area contributed by atoms with E-state index in [0.717, 1.165) is 4.90 Å². The molecule has 2 N–H and O–H groups in total. The fourth-order valence-electron chi connectivity index (χ4n) is 2.78. The second kappa shape index (κ2) is 7.43. The largest absolute Gasteiger partial charge is 0.480 e. The number of ether oxygens (including phenoxy) is 1. The Balaban J connectivity index is 2.30. The molecule has 0 bridgehead atoms. The molecule has 2 rings (SSSR count). The van der Waals surface area contributed by atoms with E-state index in [1.54, 1.807) is 26.0 Å². The maximum atomic E-state index is 12.6. The van der Waals surface area contributed by atoms with Crippen molar-refractivity contribution in [1.29, 1.82) is 0 Å². The van der Waals surface area contributed by atoms with E-state index < -0.39 is 41.7 Å². The highest BCUT2D eigenvalue weighted by atomic mass is 16.5. The first kappa shape index (κ1) is 18.6. The van der Waals surface area contributed by atoms with E-state index >= 15 is 0 Å². The molecule has 1 aromatic rings. The zero-order valence-electron chi connectivity index (χ0n) is 14.2. The second-order valence-electron chi connectivity index (χ2n) is 6.07. The first-order valence-electron chi connectivity index (χ1n) is 7.78. The Morgan fingerprint density at radius 3 is 2.08 bits per heavy atom. The summed E-state index contributed by atoms with van der Waals surface area (Å²) >= 11 is 0. The lowest BCUT2D eigenvalue weighted by Crippen LogP contribution is -2.56. The summed E-state index contributed by atoms with van der Waals surface area (Å²) in [7, 11) is 1.31. The Morgan fingerprint density at radius 2 is 1.68 bits per heavy atom. The number of nitrogens with zero attached hydrogens (tertiary/aromatic N) is 1. The monoisotopic (exact) mass is 348 g/mol. The Bertz CT molecular complexity index is 680. The van der Waals surface area contributed by atoms with E-state index in [2.05, 4.69) is 5.32 Å². The standard InChI is InChI=1S/C17H20N2O6/c1-9(2)13(14(20)18-12(8-25-3)17(23)24)19-15(21)10-6-4-5-7-11(10)16(19)22/h4-7,9,12-13H,8H2,1-3H3,(H,18,20)(H,23,24). The number of carbonyl (C=O) groups excluding carboxylic acids is 3. The summed E-state index contributed by atoms with van der Waals surface area (Å²) in [5.74, 6) is -3.51. The van der Waals surface area contributed by atoms with E-state index in [-0.39, 0.29) is 17.7 Å². The predicted molar refractivity (Wildman–Crippen MR) is 87.0 cm³/mol. The third kappa shape index (κ3) is 3.53. The number of nitrogens with one attached hydrogen (secondary N) is 1. The van der Waals surface area contributed by atoms with E-state index in [1.165, 1.54) is 19.2 Å². The van der Waals surface area contributed by atoms with Crippen molar-refractivity contribution in [1.82, 2.24) is 10.2 Å². The van der Waals surface area contributed by atoms with Crippen molar-refractivity contribution >= 4 is 23.7 Å². The number of hydrogen-bond donors (Lipinski definition) is 2. The van der Waals surface area contributed by atoms with Crippen LogP contribution in [0.15, 0.2) is 24.3 Å². The van der Waals surface area contributed by atoms with Gasteiger partial charge in [0.2, 0.25) is 5.91 Å². The van der Waals surface area contributed by atoms with E-state index in [9.17, 15) is 19.2 Å². The molecule has 3 amide bonds. The van der Waals surface area contributed by atoms with Gasteiger partial charge in [0.25, 0.3) is 11.8 Å². The minimum atomic E-state index is -1.27. The Kier molecular flexibility index (Phi) is 5.53. The molecular formula is C17H20N2O6. The molecule has 2 atom stereocenters. The van der Waals surface area contributed by atoms with Gasteiger partial charge in [0.15, 0.2) is 6.04 Å². The molecule has 1 aliphatic rings. The van der Waals surface area contributed by atoms with Crippen molar-refractivity contribution in [2.75, 3.05) is 13.7 Å². The van der Waals surface area contributed by atoms with E-state index in [1.807, 2.05) is 0 Å². The lowest BCUT2D eigenvalue weighted by molar-refractivity contribution is -0.144. The number of hydrogen-bond acceptors (Lipinski definition) is 5. The van der Waals surface area contributed by atoms with Gasteiger partial charge >= 0.3 is 5.97 Å². The topological polar surface area (TPSA) is 113 Å². The van der Waals surface area contributed by atoms with Crippen molar-refractivity contribution < 1.29 is 29.0 Å². The highest BCUT2D eigenvalue weighted by Gasteiger charge is 2.44. The van der Waals surface area contributed by atoms with Gasteiger partial charge in [-0.25, -0.2) is 4.79 Å². The second-order valence-corrected chi connectivity index (χ2v) is 6.07. The molecule has 8 nitrogen and oxygen atoms in total. The van der Waals surface area contributed by atoms with Gasteiger partial charge in [-0.15, -0.1) is 0 Å². The molecule has 0 radical (unpaired) electrons. The van der Waals surface area contributed by atoms with Crippen LogP contribution in [0.5, 0.6) is 0 Å². The zero-order chi connectivity index (χ0) is 18.7. The average Bonchev–Trinajstić information content (AvgIpc) is 2.80. The van der Waals surface area contributed by atoms with Crippen LogP contribution in [0, 0.1) is 5.92 Å².